The van der Waals surface area contributed by atoms with Crippen molar-refractivity contribution < 1.29 is 13.2 Å². The molecule has 0 spiro atoms. The number of aromatic nitrogens is 1. The fraction of sp³-hybridized carbons (Fsp3) is 0.111. The molecule has 26 heavy (non-hydrogen) atoms. The molecule has 3 rings (SSSR count). The Morgan fingerprint density at radius 3 is 2.58 bits per heavy atom. The molecule has 0 aliphatic heterocycles. The maximum absolute atomic E-state index is 12.5. The predicted molar refractivity (Wildman–Crippen MR) is 104 cm³/mol. The van der Waals surface area contributed by atoms with Gasteiger partial charge in [-0.3, -0.25) is 14.1 Å². The SMILES string of the molecule is CS(=O)(=O)N(CC(=O)Nc1cccc2cccnc12)c1ccccc1Cl. The molecule has 1 aromatic heterocycles. The number of hydrogen-bond acceptors (Lipinski definition) is 4. The number of hydrogen-bond donors (Lipinski definition) is 1. The number of halogens is 1. The van der Waals surface area contributed by atoms with Crippen molar-refractivity contribution in [3.63, 3.8) is 0 Å². The van der Waals surface area contributed by atoms with E-state index in [-0.39, 0.29) is 10.7 Å². The zero-order valence-electron chi connectivity index (χ0n) is 13.9. The van der Waals surface area contributed by atoms with Gasteiger partial charge in [-0.25, -0.2) is 8.42 Å². The van der Waals surface area contributed by atoms with Crippen LogP contribution < -0.4 is 9.62 Å². The van der Waals surface area contributed by atoms with E-state index in [0.717, 1.165) is 15.9 Å². The van der Waals surface area contributed by atoms with E-state index in [9.17, 15) is 13.2 Å². The van der Waals surface area contributed by atoms with Gasteiger partial charge in [-0.15, -0.1) is 0 Å². The fourth-order valence-electron chi connectivity index (χ4n) is 2.56. The summed E-state index contributed by atoms with van der Waals surface area (Å²) in [5.41, 5.74) is 1.40. The molecule has 0 fully saturated rings. The van der Waals surface area contributed by atoms with Crippen molar-refractivity contribution in [2.24, 2.45) is 0 Å². The van der Waals surface area contributed by atoms with Crippen molar-refractivity contribution in [2.45, 2.75) is 0 Å². The van der Waals surface area contributed by atoms with Crippen molar-refractivity contribution in [3.05, 3.63) is 65.8 Å². The fourth-order valence-corrected chi connectivity index (χ4v) is 3.72. The highest BCUT2D eigenvalue weighted by molar-refractivity contribution is 7.92. The van der Waals surface area contributed by atoms with Gasteiger partial charge >= 0.3 is 0 Å². The molecule has 0 bridgehead atoms. The zero-order chi connectivity index (χ0) is 18.7. The molecule has 134 valence electrons. The monoisotopic (exact) mass is 389 g/mol. The first-order valence-electron chi connectivity index (χ1n) is 7.72. The third-order valence-electron chi connectivity index (χ3n) is 3.72. The van der Waals surface area contributed by atoms with E-state index >= 15 is 0 Å². The highest BCUT2D eigenvalue weighted by atomic mass is 35.5. The minimum Gasteiger partial charge on any atom is -0.323 e. The van der Waals surface area contributed by atoms with E-state index in [1.807, 2.05) is 12.1 Å². The second-order valence-corrected chi connectivity index (χ2v) is 7.96. The number of amides is 1. The van der Waals surface area contributed by atoms with Gasteiger partial charge in [-0.2, -0.15) is 0 Å². The lowest BCUT2D eigenvalue weighted by molar-refractivity contribution is -0.114. The summed E-state index contributed by atoms with van der Waals surface area (Å²) in [4.78, 5) is 16.8. The number of benzene rings is 2. The van der Waals surface area contributed by atoms with Crippen molar-refractivity contribution in [1.29, 1.82) is 0 Å². The summed E-state index contributed by atoms with van der Waals surface area (Å²) in [5, 5.41) is 3.85. The van der Waals surface area contributed by atoms with Crippen LogP contribution >= 0.6 is 11.6 Å². The first-order valence-corrected chi connectivity index (χ1v) is 9.95. The standard InChI is InChI=1S/C18H16ClN3O3S/c1-26(24,25)22(16-10-3-2-8-14(16)19)12-17(23)21-15-9-4-6-13-7-5-11-20-18(13)15/h2-11H,12H2,1H3,(H,21,23). The number of anilines is 2. The summed E-state index contributed by atoms with van der Waals surface area (Å²) < 4.78 is 25.3. The Morgan fingerprint density at radius 2 is 1.85 bits per heavy atom. The van der Waals surface area contributed by atoms with Crippen molar-refractivity contribution >= 4 is 49.8 Å². The normalized spacial score (nSPS) is 11.3. The second-order valence-electron chi connectivity index (χ2n) is 5.65. The number of carbonyl (C=O) groups is 1. The molecule has 0 saturated heterocycles. The lowest BCUT2D eigenvalue weighted by Crippen LogP contribution is -2.37. The Balaban J connectivity index is 1.88. The van der Waals surface area contributed by atoms with Crippen LogP contribution in [0.15, 0.2) is 60.8 Å². The van der Waals surface area contributed by atoms with Crippen LogP contribution in [0.5, 0.6) is 0 Å². The molecule has 8 heteroatoms. The number of carbonyl (C=O) groups excluding carboxylic acids is 1. The van der Waals surface area contributed by atoms with Crippen LogP contribution in [-0.2, 0) is 14.8 Å². The molecule has 1 amide bonds. The molecule has 0 radical (unpaired) electrons. The first-order chi connectivity index (χ1) is 12.4. The lowest BCUT2D eigenvalue weighted by atomic mass is 10.2. The van der Waals surface area contributed by atoms with Crippen LogP contribution in [0.3, 0.4) is 0 Å². The molecule has 0 aliphatic rings. The molecule has 1 N–H and O–H groups in total. The van der Waals surface area contributed by atoms with Gasteiger partial charge in [0.1, 0.15) is 6.54 Å². The molecule has 2 aromatic carbocycles. The minimum absolute atomic E-state index is 0.248. The Kier molecular flexibility index (Phi) is 5.11. The molecule has 0 unspecified atom stereocenters. The number of nitrogens with one attached hydrogen (secondary N) is 1. The van der Waals surface area contributed by atoms with E-state index in [2.05, 4.69) is 10.3 Å². The van der Waals surface area contributed by atoms with Crippen molar-refractivity contribution in [3.8, 4) is 0 Å². The topological polar surface area (TPSA) is 79.4 Å². The van der Waals surface area contributed by atoms with Gasteiger partial charge in [0.25, 0.3) is 0 Å². The van der Waals surface area contributed by atoms with Gasteiger partial charge in [-0.1, -0.05) is 41.9 Å². The van der Waals surface area contributed by atoms with E-state index in [1.165, 1.54) is 0 Å². The van der Waals surface area contributed by atoms with Crippen molar-refractivity contribution in [1.82, 2.24) is 4.98 Å². The highest BCUT2D eigenvalue weighted by Gasteiger charge is 2.23. The average Bonchev–Trinajstić information content (AvgIpc) is 2.60. The number of rotatable bonds is 5. The van der Waals surface area contributed by atoms with Gasteiger partial charge in [-0.05, 0) is 24.3 Å². The third kappa shape index (κ3) is 3.95. The number of para-hydroxylation sites is 2. The van der Waals surface area contributed by atoms with E-state index in [0.29, 0.717) is 11.2 Å². The predicted octanol–water partition coefficient (Wildman–Crippen LogP) is 3.29. The Labute approximate surface area is 156 Å². The molecule has 0 aliphatic carbocycles. The molecule has 1 heterocycles. The number of pyridine rings is 1. The quantitative estimate of drug-likeness (QED) is 0.726. The second kappa shape index (κ2) is 7.31. The van der Waals surface area contributed by atoms with E-state index in [4.69, 9.17) is 11.6 Å². The zero-order valence-corrected chi connectivity index (χ0v) is 15.5. The summed E-state index contributed by atoms with van der Waals surface area (Å²) in [5.74, 6) is -0.492. The Morgan fingerprint density at radius 1 is 1.12 bits per heavy atom. The van der Waals surface area contributed by atoms with Crippen LogP contribution in [0, 0.1) is 0 Å². The van der Waals surface area contributed by atoms with E-state index in [1.54, 1.807) is 48.7 Å². The number of sulfonamides is 1. The van der Waals surface area contributed by atoms with Crippen molar-refractivity contribution in [2.75, 3.05) is 22.4 Å². The van der Waals surface area contributed by atoms with Gasteiger partial charge < -0.3 is 5.32 Å². The van der Waals surface area contributed by atoms with Crippen LogP contribution in [0.25, 0.3) is 10.9 Å². The Bertz CT molecular complexity index is 1060. The Hall–Kier alpha value is -2.64. The maximum atomic E-state index is 12.5. The highest BCUT2D eigenvalue weighted by Crippen LogP contribution is 2.27. The van der Waals surface area contributed by atoms with Crippen LogP contribution in [0.1, 0.15) is 0 Å². The molecule has 0 saturated carbocycles. The van der Waals surface area contributed by atoms with Crippen LogP contribution in [0.4, 0.5) is 11.4 Å². The summed E-state index contributed by atoms with van der Waals surface area (Å²) >= 11 is 6.10. The minimum atomic E-state index is -3.70. The van der Waals surface area contributed by atoms with Gasteiger partial charge in [0.05, 0.1) is 28.2 Å². The molecular formula is C18H16ClN3O3S. The molecular weight excluding hydrogens is 374 g/mol. The lowest BCUT2D eigenvalue weighted by Gasteiger charge is -2.23. The van der Waals surface area contributed by atoms with Gasteiger partial charge in [0.2, 0.25) is 15.9 Å². The average molecular weight is 390 g/mol. The molecule has 0 atom stereocenters. The number of nitrogens with zero attached hydrogens (tertiary/aromatic N) is 2. The maximum Gasteiger partial charge on any atom is 0.245 e. The summed E-state index contributed by atoms with van der Waals surface area (Å²) in [6, 6.07) is 15.5. The molecule has 6 nitrogen and oxygen atoms in total. The molecule has 3 aromatic rings. The van der Waals surface area contributed by atoms with Crippen LogP contribution in [-0.4, -0.2) is 32.1 Å². The summed E-state index contributed by atoms with van der Waals surface area (Å²) in [6.07, 6.45) is 2.66. The van der Waals surface area contributed by atoms with E-state index < -0.39 is 22.5 Å². The van der Waals surface area contributed by atoms with Gasteiger partial charge in [0, 0.05) is 11.6 Å². The largest absolute Gasteiger partial charge is 0.323 e. The third-order valence-corrected chi connectivity index (χ3v) is 5.16. The summed E-state index contributed by atoms with van der Waals surface area (Å²) in [6.45, 7) is -0.397. The van der Waals surface area contributed by atoms with Gasteiger partial charge in [0.15, 0.2) is 0 Å². The van der Waals surface area contributed by atoms with Crippen LogP contribution in [0.2, 0.25) is 5.02 Å². The smallest absolute Gasteiger partial charge is 0.245 e. The summed E-state index contributed by atoms with van der Waals surface area (Å²) in [7, 11) is -3.70. The number of fused-ring (bicyclic) bond motifs is 1. The first kappa shape index (κ1) is 18.2.